The van der Waals surface area contributed by atoms with Crippen molar-refractivity contribution >= 4 is 5.97 Å². The monoisotopic (exact) mass is 252 g/mol. The highest BCUT2D eigenvalue weighted by Gasteiger charge is 2.16. The van der Waals surface area contributed by atoms with E-state index < -0.39 is 5.97 Å². The quantitative estimate of drug-likeness (QED) is 0.875. The van der Waals surface area contributed by atoms with Crippen LogP contribution < -0.4 is 4.74 Å². The summed E-state index contributed by atoms with van der Waals surface area (Å²) in [5.41, 5.74) is 2.07. The fourth-order valence-corrected chi connectivity index (χ4v) is 1.61. The first kappa shape index (κ1) is 14.5. The molecule has 0 heterocycles. The Morgan fingerprint density at radius 3 is 2.50 bits per heavy atom. The highest BCUT2D eigenvalue weighted by atomic mass is 16.5. The van der Waals surface area contributed by atoms with E-state index in [4.69, 9.17) is 14.6 Å². The van der Waals surface area contributed by atoms with E-state index in [1.807, 2.05) is 18.2 Å². The van der Waals surface area contributed by atoms with Crippen LogP contribution in [0.4, 0.5) is 0 Å². The molecule has 4 nitrogen and oxygen atoms in total. The van der Waals surface area contributed by atoms with Gasteiger partial charge in [0, 0.05) is 5.56 Å². The zero-order valence-electron chi connectivity index (χ0n) is 11.3. The molecule has 0 fully saturated rings. The topological polar surface area (TPSA) is 55.8 Å². The summed E-state index contributed by atoms with van der Waals surface area (Å²) < 4.78 is 10.4. The van der Waals surface area contributed by atoms with Crippen molar-refractivity contribution in [3.63, 3.8) is 0 Å². The first-order chi connectivity index (χ1) is 8.34. The van der Waals surface area contributed by atoms with Crippen molar-refractivity contribution in [2.75, 3.05) is 13.7 Å². The Bertz CT molecular complexity index is 418. The van der Waals surface area contributed by atoms with Crippen LogP contribution in [0, 0.1) is 0 Å². The maximum atomic E-state index is 10.4. The van der Waals surface area contributed by atoms with Crippen LogP contribution >= 0.6 is 0 Å². The number of rotatable bonds is 5. The highest BCUT2D eigenvalue weighted by Crippen LogP contribution is 2.28. The molecule has 1 aromatic rings. The van der Waals surface area contributed by atoms with Crippen molar-refractivity contribution in [2.45, 2.75) is 32.8 Å². The molecule has 18 heavy (non-hydrogen) atoms. The molecule has 4 heteroatoms. The molecule has 0 aliphatic carbocycles. The van der Waals surface area contributed by atoms with Gasteiger partial charge in [-0.1, -0.05) is 26.8 Å². The van der Waals surface area contributed by atoms with Gasteiger partial charge >= 0.3 is 5.97 Å². The number of ether oxygens (including phenoxy) is 2. The van der Waals surface area contributed by atoms with Crippen LogP contribution in [-0.4, -0.2) is 24.8 Å². The first-order valence-corrected chi connectivity index (χ1v) is 5.81. The fraction of sp³-hybridized carbons (Fsp3) is 0.500. The van der Waals surface area contributed by atoms with Crippen LogP contribution in [0.5, 0.6) is 5.75 Å². The Morgan fingerprint density at radius 1 is 1.33 bits per heavy atom. The van der Waals surface area contributed by atoms with E-state index in [0.717, 1.165) is 11.1 Å². The number of methoxy groups -OCH3 is 1. The van der Waals surface area contributed by atoms with Crippen LogP contribution in [0.2, 0.25) is 0 Å². The van der Waals surface area contributed by atoms with Gasteiger partial charge in [-0.15, -0.1) is 0 Å². The molecule has 0 radical (unpaired) electrons. The zero-order chi connectivity index (χ0) is 13.8. The van der Waals surface area contributed by atoms with Crippen molar-refractivity contribution in [3.8, 4) is 5.75 Å². The Hall–Kier alpha value is -1.55. The molecule has 0 atom stereocenters. The molecule has 0 aromatic heterocycles. The van der Waals surface area contributed by atoms with Crippen LogP contribution in [-0.2, 0) is 21.6 Å². The summed E-state index contributed by atoms with van der Waals surface area (Å²) in [6, 6.07) is 5.90. The molecule has 0 amide bonds. The number of hydrogen-bond donors (Lipinski definition) is 1. The van der Waals surface area contributed by atoms with E-state index in [-0.39, 0.29) is 18.6 Å². The Balaban J connectivity index is 2.89. The second-order valence-electron chi connectivity index (χ2n) is 5.16. The van der Waals surface area contributed by atoms with Crippen LogP contribution in [0.25, 0.3) is 0 Å². The maximum absolute atomic E-state index is 10.4. The molecule has 0 bridgehead atoms. The van der Waals surface area contributed by atoms with Crippen LogP contribution in [0.15, 0.2) is 18.2 Å². The molecule has 0 spiro atoms. The molecule has 100 valence electrons. The van der Waals surface area contributed by atoms with Gasteiger partial charge in [-0.05, 0) is 23.1 Å². The van der Waals surface area contributed by atoms with Gasteiger partial charge in [0.2, 0.25) is 0 Å². The lowest BCUT2D eigenvalue weighted by Gasteiger charge is -2.21. The van der Waals surface area contributed by atoms with Gasteiger partial charge < -0.3 is 14.6 Å². The van der Waals surface area contributed by atoms with Crippen LogP contribution in [0.1, 0.15) is 31.9 Å². The summed E-state index contributed by atoms with van der Waals surface area (Å²) in [6.07, 6.45) is 0. The minimum absolute atomic E-state index is 0.0355. The molecule has 1 rings (SSSR count). The van der Waals surface area contributed by atoms with Gasteiger partial charge in [0.05, 0.1) is 13.7 Å². The number of carboxylic acids is 1. The summed E-state index contributed by atoms with van der Waals surface area (Å²) in [5, 5.41) is 8.55. The molecule has 0 aliphatic rings. The average molecular weight is 252 g/mol. The standard InChI is InChI=1S/C14H20O4/c1-14(2,3)11-5-6-12(17-4)10(7-11)8-18-9-13(15)16/h5-7H,8-9H2,1-4H3,(H,15,16). The summed E-state index contributed by atoms with van der Waals surface area (Å²) >= 11 is 0. The zero-order valence-corrected chi connectivity index (χ0v) is 11.3. The molecule has 1 N–H and O–H groups in total. The Labute approximate surface area is 108 Å². The van der Waals surface area contributed by atoms with Gasteiger partial charge in [-0.2, -0.15) is 0 Å². The number of carbonyl (C=O) groups is 1. The minimum atomic E-state index is -0.971. The summed E-state index contributed by atoms with van der Waals surface area (Å²) in [5.74, 6) is -0.255. The van der Waals surface area contributed by atoms with Crippen molar-refractivity contribution in [1.82, 2.24) is 0 Å². The predicted octanol–water partition coefficient (Wildman–Crippen LogP) is 2.59. The number of carboxylic acid groups (broad SMARTS) is 1. The Kier molecular flexibility index (Phi) is 4.73. The SMILES string of the molecule is COc1ccc(C(C)(C)C)cc1COCC(=O)O. The molecule has 0 saturated carbocycles. The molecular formula is C14H20O4. The number of aliphatic carboxylic acids is 1. The van der Waals surface area contributed by atoms with Crippen molar-refractivity contribution in [3.05, 3.63) is 29.3 Å². The van der Waals surface area contributed by atoms with Crippen molar-refractivity contribution in [2.24, 2.45) is 0 Å². The Morgan fingerprint density at radius 2 is 2.00 bits per heavy atom. The normalized spacial score (nSPS) is 11.3. The third-order valence-electron chi connectivity index (χ3n) is 2.63. The lowest BCUT2D eigenvalue weighted by molar-refractivity contribution is -0.142. The maximum Gasteiger partial charge on any atom is 0.329 e. The lowest BCUT2D eigenvalue weighted by Crippen LogP contribution is -2.12. The van der Waals surface area contributed by atoms with E-state index in [0.29, 0.717) is 5.75 Å². The van der Waals surface area contributed by atoms with Crippen molar-refractivity contribution in [1.29, 1.82) is 0 Å². The van der Waals surface area contributed by atoms with E-state index >= 15 is 0 Å². The van der Waals surface area contributed by atoms with E-state index in [2.05, 4.69) is 20.8 Å². The van der Waals surface area contributed by atoms with Gasteiger partial charge in [0.25, 0.3) is 0 Å². The van der Waals surface area contributed by atoms with E-state index in [9.17, 15) is 4.79 Å². The number of benzene rings is 1. The second-order valence-corrected chi connectivity index (χ2v) is 5.16. The summed E-state index contributed by atoms with van der Waals surface area (Å²) in [4.78, 5) is 10.4. The first-order valence-electron chi connectivity index (χ1n) is 5.81. The molecule has 0 saturated heterocycles. The van der Waals surface area contributed by atoms with Crippen LogP contribution in [0.3, 0.4) is 0 Å². The molecule has 1 aromatic carbocycles. The predicted molar refractivity (Wildman–Crippen MR) is 69.0 cm³/mol. The molecular weight excluding hydrogens is 232 g/mol. The molecule has 0 unspecified atom stereocenters. The average Bonchev–Trinajstić information content (AvgIpc) is 2.27. The third-order valence-corrected chi connectivity index (χ3v) is 2.63. The third kappa shape index (κ3) is 4.04. The summed E-state index contributed by atoms with van der Waals surface area (Å²) in [7, 11) is 1.59. The van der Waals surface area contributed by atoms with Gasteiger partial charge in [0.1, 0.15) is 12.4 Å². The minimum Gasteiger partial charge on any atom is -0.496 e. The highest BCUT2D eigenvalue weighted by molar-refractivity contribution is 5.68. The van der Waals surface area contributed by atoms with E-state index in [1.165, 1.54) is 0 Å². The van der Waals surface area contributed by atoms with Gasteiger partial charge in [-0.25, -0.2) is 4.79 Å². The van der Waals surface area contributed by atoms with Gasteiger partial charge in [-0.3, -0.25) is 0 Å². The van der Waals surface area contributed by atoms with E-state index in [1.54, 1.807) is 7.11 Å². The van der Waals surface area contributed by atoms with Crippen molar-refractivity contribution < 1.29 is 19.4 Å². The largest absolute Gasteiger partial charge is 0.496 e. The molecule has 0 aliphatic heterocycles. The summed E-state index contributed by atoms with van der Waals surface area (Å²) in [6.45, 7) is 6.30. The fourth-order valence-electron chi connectivity index (χ4n) is 1.61. The smallest absolute Gasteiger partial charge is 0.329 e. The lowest BCUT2D eigenvalue weighted by atomic mass is 9.86. The second kappa shape index (κ2) is 5.87. The van der Waals surface area contributed by atoms with Gasteiger partial charge in [0.15, 0.2) is 0 Å². The number of hydrogen-bond acceptors (Lipinski definition) is 3.